The summed E-state index contributed by atoms with van der Waals surface area (Å²) >= 11 is 0. The van der Waals surface area contributed by atoms with Crippen LogP contribution in [0.5, 0.6) is 0 Å². The number of esters is 1. The molecule has 0 aromatic carbocycles. The van der Waals surface area contributed by atoms with Crippen LogP contribution in [0.2, 0.25) is 0 Å². The molecule has 188 valence electrons. The molecule has 0 aromatic heterocycles. The maximum Gasteiger partial charge on any atom is 1.00 e. The molecule has 1 N–H and O–H groups in total. The average Bonchev–Trinajstić information content (AvgIpc) is 2.72. The van der Waals surface area contributed by atoms with Crippen molar-refractivity contribution in [3.05, 3.63) is 12.2 Å². The number of ether oxygens (including phenoxy) is 2. The molecule has 1 unspecified atom stereocenters. The van der Waals surface area contributed by atoms with Crippen LogP contribution in [0.1, 0.15) is 110 Å². The third kappa shape index (κ3) is 18.2. The van der Waals surface area contributed by atoms with Crippen molar-refractivity contribution in [1.82, 2.24) is 0 Å². The van der Waals surface area contributed by atoms with Crippen LogP contribution in [0.15, 0.2) is 12.2 Å². The van der Waals surface area contributed by atoms with E-state index in [4.69, 9.17) is 14.4 Å². The third-order valence-corrected chi connectivity index (χ3v) is 6.33. The van der Waals surface area contributed by atoms with Gasteiger partial charge in [0, 0.05) is 19.4 Å². The number of phosphoric acid groups is 1. The average molecular weight is 499 g/mol. The Morgan fingerprint density at radius 1 is 1.03 bits per heavy atom. The van der Waals surface area contributed by atoms with E-state index in [0.717, 1.165) is 32.1 Å². The molecule has 0 amide bonds. The summed E-state index contributed by atoms with van der Waals surface area (Å²) in [6, 6.07) is 0. The Morgan fingerprint density at radius 2 is 1.58 bits per heavy atom. The molecule has 1 heterocycles. The van der Waals surface area contributed by atoms with Gasteiger partial charge in [-0.1, -0.05) is 70.4 Å². The van der Waals surface area contributed by atoms with Gasteiger partial charge in [0.05, 0.1) is 6.10 Å². The van der Waals surface area contributed by atoms with Gasteiger partial charge in [-0.3, -0.25) is 9.36 Å². The zero-order chi connectivity index (χ0) is 23.7. The second-order valence-electron chi connectivity index (χ2n) is 8.77. The fourth-order valence-corrected chi connectivity index (χ4v) is 4.51. The Kier molecular flexibility index (Phi) is 20.6. The minimum absolute atomic E-state index is 0. The SMILES string of the molecule is CCCCCCCC/C=C/CCCCCCCC(=O)O[C@H]1[C@@H](OP(=O)([O-])O)CCO[C@@H]1C.[Na+]. The summed E-state index contributed by atoms with van der Waals surface area (Å²) in [5, 5.41) is 0. The first kappa shape index (κ1) is 33.3. The molecule has 0 aromatic rings. The molecule has 0 spiro atoms. The van der Waals surface area contributed by atoms with E-state index >= 15 is 0 Å². The molecule has 0 saturated carbocycles. The standard InChI is InChI=1S/C24H45O7P.Na/c1-3-4-5-6-7-8-9-10-11-12-13-14-15-16-17-18-23(25)30-24-21(2)29-20-19-22(24)31-32(26,27)28;/h10-11,21-22,24H,3-9,12-20H2,1-2H3,(H2,26,27,28);/q;+1/p-1/b11-10+;/t21-,22+,24-;/m1./s1. The zero-order valence-corrected chi connectivity index (χ0v) is 23.9. The van der Waals surface area contributed by atoms with E-state index in [1.807, 2.05) is 0 Å². The predicted molar refractivity (Wildman–Crippen MR) is 124 cm³/mol. The molecule has 33 heavy (non-hydrogen) atoms. The van der Waals surface area contributed by atoms with Crippen molar-refractivity contribution < 1.29 is 62.7 Å². The van der Waals surface area contributed by atoms with Crippen molar-refractivity contribution in [1.29, 1.82) is 0 Å². The number of carbonyl (C=O) groups excluding carboxylic acids is 1. The Bertz CT molecular complexity index is 567. The van der Waals surface area contributed by atoms with Crippen LogP contribution in [0.3, 0.4) is 0 Å². The zero-order valence-electron chi connectivity index (χ0n) is 21.0. The van der Waals surface area contributed by atoms with E-state index in [0.29, 0.717) is 0 Å². The van der Waals surface area contributed by atoms with Crippen LogP contribution >= 0.6 is 7.82 Å². The van der Waals surface area contributed by atoms with Crippen LogP contribution in [-0.4, -0.2) is 35.8 Å². The molecule has 1 rings (SSSR count). The number of rotatable bonds is 18. The molecule has 0 aliphatic carbocycles. The predicted octanol–water partition coefficient (Wildman–Crippen LogP) is 2.59. The first-order valence-electron chi connectivity index (χ1n) is 12.5. The number of hydrogen-bond donors (Lipinski definition) is 1. The third-order valence-electron chi connectivity index (χ3n) is 5.79. The summed E-state index contributed by atoms with van der Waals surface area (Å²) in [7, 11) is -4.90. The van der Waals surface area contributed by atoms with Gasteiger partial charge in [-0.05, 0) is 39.0 Å². The van der Waals surface area contributed by atoms with Gasteiger partial charge in [0.2, 0.25) is 0 Å². The Hall–Kier alpha value is 0.280. The number of allylic oxidation sites excluding steroid dienone is 2. The number of hydrogen-bond acceptors (Lipinski definition) is 6. The molecule has 1 fully saturated rings. The second kappa shape index (κ2) is 20.5. The molecule has 0 radical (unpaired) electrons. The van der Waals surface area contributed by atoms with E-state index in [-0.39, 0.29) is 49.0 Å². The summed E-state index contributed by atoms with van der Waals surface area (Å²) in [6.45, 7) is 4.23. The quantitative estimate of drug-likeness (QED) is 0.102. The van der Waals surface area contributed by atoms with Crippen molar-refractivity contribution >= 4 is 13.8 Å². The normalized spacial score (nSPS) is 22.6. The Morgan fingerprint density at radius 3 is 2.15 bits per heavy atom. The van der Waals surface area contributed by atoms with E-state index in [2.05, 4.69) is 23.6 Å². The van der Waals surface area contributed by atoms with Gasteiger partial charge < -0.3 is 23.8 Å². The topological polar surface area (TPSA) is 105 Å². The smallest absolute Gasteiger partial charge is 0.756 e. The van der Waals surface area contributed by atoms with Crippen LogP contribution in [0, 0.1) is 0 Å². The van der Waals surface area contributed by atoms with Gasteiger partial charge in [0.25, 0.3) is 7.82 Å². The van der Waals surface area contributed by atoms with Crippen molar-refractivity contribution in [2.24, 2.45) is 0 Å². The Labute approximate surface area is 222 Å². The van der Waals surface area contributed by atoms with Gasteiger partial charge in [-0.15, -0.1) is 0 Å². The van der Waals surface area contributed by atoms with Crippen LogP contribution in [-0.2, 0) is 23.4 Å². The molecule has 0 bridgehead atoms. The fraction of sp³-hybridized carbons (Fsp3) is 0.875. The van der Waals surface area contributed by atoms with Gasteiger partial charge in [-0.25, -0.2) is 0 Å². The summed E-state index contributed by atoms with van der Waals surface area (Å²) in [5.41, 5.74) is 0. The monoisotopic (exact) mass is 498 g/mol. The van der Waals surface area contributed by atoms with Gasteiger partial charge in [0.1, 0.15) is 6.10 Å². The maximum absolute atomic E-state index is 12.1. The van der Waals surface area contributed by atoms with Crippen molar-refractivity contribution in [2.75, 3.05) is 6.61 Å². The maximum atomic E-state index is 12.1. The summed E-state index contributed by atoms with van der Waals surface area (Å²) in [4.78, 5) is 32.1. The van der Waals surface area contributed by atoms with Crippen LogP contribution in [0.25, 0.3) is 0 Å². The summed E-state index contributed by atoms with van der Waals surface area (Å²) in [5.74, 6) is -0.391. The largest absolute Gasteiger partial charge is 1.00 e. The minimum Gasteiger partial charge on any atom is -0.756 e. The molecule has 7 nitrogen and oxygen atoms in total. The molecular weight excluding hydrogens is 454 g/mol. The minimum atomic E-state index is -4.90. The fourth-order valence-electron chi connectivity index (χ4n) is 3.94. The Balaban J connectivity index is 0.0000102. The summed E-state index contributed by atoms with van der Waals surface area (Å²) in [6.07, 6.45) is 18.3. The first-order chi connectivity index (χ1) is 15.3. The van der Waals surface area contributed by atoms with Crippen molar-refractivity contribution in [2.45, 2.75) is 128 Å². The van der Waals surface area contributed by atoms with Gasteiger partial charge in [-0.2, -0.15) is 0 Å². The van der Waals surface area contributed by atoms with Gasteiger partial charge >= 0.3 is 35.5 Å². The number of carbonyl (C=O) groups is 1. The molecule has 9 heteroatoms. The summed E-state index contributed by atoms with van der Waals surface area (Å²) < 4.78 is 26.6. The van der Waals surface area contributed by atoms with Crippen LogP contribution < -0.4 is 34.5 Å². The molecule has 1 aliphatic heterocycles. The molecular formula is C24H44NaO7P. The first-order valence-corrected chi connectivity index (χ1v) is 14.0. The van der Waals surface area contributed by atoms with E-state index in [1.165, 1.54) is 51.4 Å². The van der Waals surface area contributed by atoms with Crippen molar-refractivity contribution in [3.8, 4) is 0 Å². The van der Waals surface area contributed by atoms with Crippen LogP contribution in [0.4, 0.5) is 0 Å². The van der Waals surface area contributed by atoms with E-state index < -0.39 is 32.1 Å². The van der Waals surface area contributed by atoms with Gasteiger partial charge in [0.15, 0.2) is 6.10 Å². The molecule has 1 saturated heterocycles. The van der Waals surface area contributed by atoms with E-state index in [9.17, 15) is 14.3 Å². The molecule has 1 aliphatic rings. The number of phosphoric ester groups is 1. The van der Waals surface area contributed by atoms with E-state index in [1.54, 1.807) is 6.92 Å². The van der Waals surface area contributed by atoms with Crippen molar-refractivity contribution in [3.63, 3.8) is 0 Å². The molecule has 4 atom stereocenters. The number of unbranched alkanes of at least 4 members (excludes halogenated alkanes) is 11. The second-order valence-corrected chi connectivity index (χ2v) is 9.91.